The number of hydrogen-bond donors (Lipinski definition) is 2. The molecule has 0 saturated carbocycles. The van der Waals surface area contributed by atoms with E-state index in [4.69, 9.17) is 0 Å². The summed E-state index contributed by atoms with van der Waals surface area (Å²) in [7, 11) is 0. The third-order valence-corrected chi connectivity index (χ3v) is 7.88. The van der Waals surface area contributed by atoms with E-state index in [9.17, 15) is 15.0 Å². The molecule has 0 saturated heterocycles. The molecule has 6 aromatic rings. The third-order valence-electron chi connectivity index (χ3n) is 7.88. The number of phenolic OH excluding ortho intramolecular Hbond substituents is 1. The summed E-state index contributed by atoms with van der Waals surface area (Å²) >= 11 is 0. The van der Waals surface area contributed by atoms with Gasteiger partial charge >= 0.3 is 5.97 Å². The first-order chi connectivity index (χ1) is 24.5. The predicted octanol–water partition coefficient (Wildman–Crippen LogP) is 7.49. The maximum absolute atomic E-state index is 11.9. The molecule has 0 bridgehead atoms. The number of aromatic carboxylic acids is 1. The molecule has 0 unspecified atom stereocenters. The van der Waals surface area contributed by atoms with E-state index in [2.05, 4.69) is 40.0 Å². The van der Waals surface area contributed by atoms with Crippen molar-refractivity contribution < 1.29 is 15.0 Å². The van der Waals surface area contributed by atoms with Gasteiger partial charge in [-0.25, -0.2) is 4.79 Å². The van der Waals surface area contributed by atoms with Gasteiger partial charge in [0.05, 0.1) is 39.7 Å². The first-order valence-corrected chi connectivity index (χ1v) is 16.1. The van der Waals surface area contributed by atoms with E-state index in [0.29, 0.717) is 61.8 Å². The molecule has 4 heterocycles. The van der Waals surface area contributed by atoms with Crippen molar-refractivity contribution in [3.63, 3.8) is 0 Å². The third kappa shape index (κ3) is 9.69. The highest BCUT2D eigenvalue weighted by molar-refractivity contribution is 5.87. The number of phenols is 1. The Hall–Kier alpha value is -6.17. The highest BCUT2D eigenvalue weighted by atomic mass is 16.4. The summed E-state index contributed by atoms with van der Waals surface area (Å²) in [4.78, 5) is 33.9. The smallest absolute Gasteiger partial charge is 0.335 e. The van der Waals surface area contributed by atoms with Crippen LogP contribution in [-0.4, -0.2) is 45.9 Å². The van der Waals surface area contributed by atoms with Crippen molar-refractivity contribution in [2.24, 2.45) is 10.2 Å². The number of azo groups is 1. The molecule has 2 N–H and O–H groups in total. The number of carboxylic acid groups (broad SMARTS) is 1. The topological polar surface area (TPSA) is 140 Å². The fourth-order valence-corrected chi connectivity index (χ4v) is 5.53. The van der Waals surface area contributed by atoms with Gasteiger partial charge in [-0.2, -0.15) is 10.2 Å². The van der Waals surface area contributed by atoms with E-state index in [1.54, 1.807) is 36.9 Å². The normalized spacial score (nSPS) is 11.4. The number of pyridine rings is 4. The molecular formula is C39H36N8O3. The van der Waals surface area contributed by atoms with Gasteiger partial charge in [0.15, 0.2) is 0 Å². The van der Waals surface area contributed by atoms with E-state index in [-0.39, 0.29) is 11.3 Å². The summed E-state index contributed by atoms with van der Waals surface area (Å²) in [6.07, 6.45) is 7.08. The molecule has 0 radical (unpaired) electrons. The Labute approximate surface area is 290 Å². The number of nitrogens with zero attached hydrogens (tertiary/aromatic N) is 8. The monoisotopic (exact) mass is 664 g/mol. The number of aromatic hydroxyl groups is 1. The second kappa shape index (κ2) is 16.8. The summed E-state index contributed by atoms with van der Waals surface area (Å²) in [5.74, 6) is -0.850. The molecule has 0 spiro atoms. The Morgan fingerprint density at radius 3 is 1.24 bits per heavy atom. The van der Waals surface area contributed by atoms with Crippen LogP contribution in [0, 0.1) is 0 Å². The number of carboxylic acids is 1. The Balaban J connectivity index is 1.36. The molecule has 2 aromatic carbocycles. The lowest BCUT2D eigenvalue weighted by molar-refractivity contribution is 0.0697. The first-order valence-electron chi connectivity index (χ1n) is 16.1. The van der Waals surface area contributed by atoms with E-state index in [1.807, 2.05) is 84.9 Å². The Morgan fingerprint density at radius 2 is 0.900 bits per heavy atom. The number of aromatic nitrogens is 4. The summed E-state index contributed by atoms with van der Waals surface area (Å²) < 4.78 is 0. The molecule has 250 valence electrons. The predicted molar refractivity (Wildman–Crippen MR) is 189 cm³/mol. The second-order valence-electron chi connectivity index (χ2n) is 11.7. The van der Waals surface area contributed by atoms with Crippen LogP contribution < -0.4 is 0 Å². The number of carbonyl (C=O) groups is 1. The second-order valence-corrected chi connectivity index (χ2v) is 11.7. The van der Waals surface area contributed by atoms with Crippen molar-refractivity contribution in [2.75, 3.05) is 0 Å². The van der Waals surface area contributed by atoms with Gasteiger partial charge in [0.2, 0.25) is 0 Å². The van der Waals surface area contributed by atoms with Gasteiger partial charge in [-0.05, 0) is 84.9 Å². The van der Waals surface area contributed by atoms with Gasteiger partial charge < -0.3 is 10.2 Å². The molecule has 11 nitrogen and oxygen atoms in total. The highest BCUT2D eigenvalue weighted by Gasteiger charge is 2.19. The van der Waals surface area contributed by atoms with Crippen molar-refractivity contribution >= 4 is 17.3 Å². The largest absolute Gasteiger partial charge is 0.507 e. The Morgan fingerprint density at radius 1 is 0.520 bits per heavy atom. The molecule has 0 aliphatic carbocycles. The zero-order chi connectivity index (χ0) is 34.5. The van der Waals surface area contributed by atoms with Crippen LogP contribution in [0.3, 0.4) is 0 Å². The molecule has 4 aromatic heterocycles. The van der Waals surface area contributed by atoms with E-state index in [0.717, 1.165) is 22.8 Å². The average molecular weight is 665 g/mol. The summed E-state index contributed by atoms with van der Waals surface area (Å²) in [6, 6.07) is 33.1. The lowest BCUT2D eigenvalue weighted by Crippen LogP contribution is -2.25. The van der Waals surface area contributed by atoms with Crippen LogP contribution in [0.15, 0.2) is 144 Å². The first kappa shape index (κ1) is 33.7. The molecule has 50 heavy (non-hydrogen) atoms. The SMILES string of the molecule is O=C(O)c1ccc(N=Nc2cc(CN(Cc3ccccn3)Cc3ccccn3)c(O)c(CN(Cc3ccccn3)Cc3ccccn3)c2)cc1. The number of rotatable bonds is 15. The van der Waals surface area contributed by atoms with Crippen molar-refractivity contribution in [3.8, 4) is 5.75 Å². The van der Waals surface area contributed by atoms with Crippen molar-refractivity contribution in [2.45, 2.75) is 39.3 Å². The number of benzene rings is 2. The molecule has 0 atom stereocenters. The standard InChI is InChI=1S/C39H36N8O3/c48-38-30(23-46(25-33-9-1-5-17-40-33)26-34-10-2-6-18-41-34)21-37(45-44-32-15-13-29(14-16-32)39(49)50)22-31(38)24-47(27-35-11-3-7-19-42-35)28-36-12-4-8-20-43-36/h1-22,48H,23-28H2,(H,49,50). The molecule has 0 aliphatic rings. The minimum atomic E-state index is -1.01. The van der Waals surface area contributed by atoms with Crippen molar-refractivity contribution in [1.29, 1.82) is 0 Å². The van der Waals surface area contributed by atoms with Crippen LogP contribution in [0.25, 0.3) is 0 Å². The Kier molecular flexibility index (Phi) is 11.3. The van der Waals surface area contributed by atoms with Gasteiger partial charge in [-0.15, -0.1) is 0 Å². The van der Waals surface area contributed by atoms with Crippen LogP contribution in [0.5, 0.6) is 5.75 Å². The molecule has 0 fully saturated rings. The zero-order valence-electron chi connectivity index (χ0n) is 27.3. The van der Waals surface area contributed by atoms with E-state index < -0.39 is 5.97 Å². The fraction of sp³-hybridized carbons (Fsp3) is 0.154. The van der Waals surface area contributed by atoms with Crippen LogP contribution in [0.1, 0.15) is 44.3 Å². The molecule has 0 aliphatic heterocycles. The lowest BCUT2D eigenvalue weighted by atomic mass is 10.0. The summed E-state index contributed by atoms with van der Waals surface area (Å²) in [6.45, 7) is 2.86. The maximum atomic E-state index is 11.9. The molecule has 11 heteroatoms. The van der Waals surface area contributed by atoms with Gasteiger partial charge in [0, 0.05) is 75.2 Å². The molecular weight excluding hydrogens is 628 g/mol. The van der Waals surface area contributed by atoms with Crippen LogP contribution in [-0.2, 0) is 39.3 Å². The van der Waals surface area contributed by atoms with Crippen LogP contribution in [0.4, 0.5) is 11.4 Å². The fourth-order valence-electron chi connectivity index (χ4n) is 5.53. The summed E-state index contributed by atoms with van der Waals surface area (Å²) in [5, 5.41) is 30.1. The van der Waals surface area contributed by atoms with Gasteiger partial charge in [-0.3, -0.25) is 29.7 Å². The van der Waals surface area contributed by atoms with Crippen LogP contribution in [0.2, 0.25) is 0 Å². The molecule has 6 rings (SSSR count). The van der Waals surface area contributed by atoms with E-state index >= 15 is 0 Å². The average Bonchev–Trinajstić information content (AvgIpc) is 3.14. The highest BCUT2D eigenvalue weighted by Crippen LogP contribution is 2.33. The van der Waals surface area contributed by atoms with Crippen molar-refractivity contribution in [1.82, 2.24) is 29.7 Å². The van der Waals surface area contributed by atoms with Gasteiger partial charge in [0.1, 0.15) is 5.75 Å². The Bertz CT molecular complexity index is 1800. The molecule has 0 amide bonds. The quantitative estimate of drug-likeness (QED) is 0.107. The minimum absolute atomic E-state index is 0.161. The zero-order valence-corrected chi connectivity index (χ0v) is 27.3. The maximum Gasteiger partial charge on any atom is 0.335 e. The van der Waals surface area contributed by atoms with Gasteiger partial charge in [-0.1, -0.05) is 24.3 Å². The van der Waals surface area contributed by atoms with Gasteiger partial charge in [0.25, 0.3) is 0 Å². The van der Waals surface area contributed by atoms with E-state index in [1.165, 1.54) is 12.1 Å². The van der Waals surface area contributed by atoms with Crippen molar-refractivity contribution in [3.05, 3.63) is 173 Å². The minimum Gasteiger partial charge on any atom is -0.507 e. The number of hydrogen-bond acceptors (Lipinski definition) is 10. The lowest BCUT2D eigenvalue weighted by Gasteiger charge is -2.25. The van der Waals surface area contributed by atoms with Crippen LogP contribution >= 0.6 is 0 Å². The summed E-state index contributed by atoms with van der Waals surface area (Å²) in [5.41, 5.74) is 6.11.